The largest absolute Gasteiger partial charge is 0.478 e. The number of nitrogens with zero attached hydrogens (tertiary/aromatic N) is 1. The van der Waals surface area contributed by atoms with E-state index in [1.807, 2.05) is 18.2 Å². The zero-order chi connectivity index (χ0) is 21.2. The predicted molar refractivity (Wildman–Crippen MR) is 109 cm³/mol. The minimum Gasteiger partial charge on any atom is -0.478 e. The Kier molecular flexibility index (Phi) is 5.32. The number of hydrogen-bond acceptors (Lipinski definition) is 4. The van der Waals surface area contributed by atoms with Crippen LogP contribution in [0.1, 0.15) is 45.8 Å². The second-order valence-corrected chi connectivity index (χ2v) is 7.26. The van der Waals surface area contributed by atoms with Crippen LogP contribution in [0.4, 0.5) is 0 Å². The van der Waals surface area contributed by atoms with E-state index in [0.29, 0.717) is 17.0 Å². The fourth-order valence-corrected chi connectivity index (χ4v) is 3.02. The van der Waals surface area contributed by atoms with Gasteiger partial charge in [0.2, 0.25) is 0 Å². The molecular weight excluding hydrogens is 370 g/mol. The molecule has 1 aromatic heterocycles. The van der Waals surface area contributed by atoms with E-state index < -0.39 is 23.0 Å². The summed E-state index contributed by atoms with van der Waals surface area (Å²) >= 11 is 0. The minimum absolute atomic E-state index is 0.000411. The van der Waals surface area contributed by atoms with Gasteiger partial charge in [-0.15, -0.1) is 0 Å². The molecule has 29 heavy (non-hydrogen) atoms. The summed E-state index contributed by atoms with van der Waals surface area (Å²) in [6, 6.07) is 15.1. The van der Waals surface area contributed by atoms with E-state index in [2.05, 4.69) is 15.3 Å². The number of carboxylic acids is 1. The van der Waals surface area contributed by atoms with Crippen molar-refractivity contribution in [3.63, 3.8) is 0 Å². The Labute approximate surface area is 167 Å². The average Bonchev–Trinajstić information content (AvgIpc) is 2.67. The van der Waals surface area contributed by atoms with Crippen LogP contribution < -0.4 is 10.9 Å². The van der Waals surface area contributed by atoms with E-state index in [0.717, 1.165) is 11.6 Å². The molecule has 0 atom stereocenters. The number of carbonyl (C=O) groups is 2. The molecule has 3 N–H and O–H groups in total. The number of benzene rings is 2. The van der Waals surface area contributed by atoms with Crippen molar-refractivity contribution in [3.05, 3.63) is 87.3 Å². The molecule has 0 spiro atoms. The van der Waals surface area contributed by atoms with Crippen molar-refractivity contribution in [1.29, 1.82) is 0 Å². The molecule has 0 radical (unpaired) electrons. The van der Waals surface area contributed by atoms with Gasteiger partial charge in [-0.05, 0) is 38.0 Å². The number of H-pyrrole nitrogens is 1. The van der Waals surface area contributed by atoms with Crippen LogP contribution in [0.15, 0.2) is 59.4 Å². The number of nitrogens with one attached hydrogen (secondary N) is 2. The summed E-state index contributed by atoms with van der Waals surface area (Å²) in [4.78, 5) is 43.0. The van der Waals surface area contributed by atoms with Gasteiger partial charge in [-0.3, -0.25) is 9.59 Å². The maximum absolute atomic E-state index is 12.8. The molecule has 3 rings (SSSR count). The third-order valence-corrected chi connectivity index (χ3v) is 4.63. The quantitative estimate of drug-likeness (QED) is 0.619. The molecule has 0 fully saturated rings. The van der Waals surface area contributed by atoms with Crippen molar-refractivity contribution >= 4 is 11.9 Å². The highest BCUT2D eigenvalue weighted by Crippen LogP contribution is 2.23. The monoisotopic (exact) mass is 391 g/mol. The molecule has 0 aliphatic carbocycles. The second-order valence-electron chi connectivity index (χ2n) is 7.26. The van der Waals surface area contributed by atoms with E-state index in [1.54, 1.807) is 45.0 Å². The van der Waals surface area contributed by atoms with Crippen LogP contribution in [-0.4, -0.2) is 27.0 Å². The summed E-state index contributed by atoms with van der Waals surface area (Å²) in [6.45, 7) is 5.30. The van der Waals surface area contributed by atoms with Crippen LogP contribution in [0, 0.1) is 6.92 Å². The van der Waals surface area contributed by atoms with E-state index in [-0.39, 0.29) is 11.3 Å². The van der Waals surface area contributed by atoms with Gasteiger partial charge in [0, 0.05) is 11.6 Å². The molecule has 7 nitrogen and oxygen atoms in total. The zero-order valence-corrected chi connectivity index (χ0v) is 16.3. The van der Waals surface area contributed by atoms with Gasteiger partial charge in [0.1, 0.15) is 11.5 Å². The fraction of sp³-hybridized carbons (Fsp3) is 0.182. The number of aryl methyl sites for hydroxylation is 1. The van der Waals surface area contributed by atoms with Crippen LogP contribution >= 0.6 is 0 Å². The number of carboxylic acid groups (broad SMARTS) is 1. The van der Waals surface area contributed by atoms with E-state index >= 15 is 0 Å². The number of hydrogen-bond donors (Lipinski definition) is 3. The van der Waals surface area contributed by atoms with Crippen LogP contribution in [0.3, 0.4) is 0 Å². The SMILES string of the molecule is Cc1cc(C(C)(C)NC(=O)c2cc(=O)[nH]c(-c3ccccc3)n2)ccc1C(=O)O. The minimum atomic E-state index is -1.00. The van der Waals surface area contributed by atoms with E-state index in [1.165, 1.54) is 6.07 Å². The average molecular weight is 391 g/mol. The molecule has 1 heterocycles. The number of aromatic nitrogens is 2. The molecule has 3 aromatic rings. The third kappa shape index (κ3) is 4.40. The summed E-state index contributed by atoms with van der Waals surface area (Å²) in [6.07, 6.45) is 0. The van der Waals surface area contributed by atoms with Gasteiger partial charge in [-0.25, -0.2) is 9.78 Å². The molecule has 2 aromatic carbocycles. The molecular formula is C22H21N3O4. The molecule has 0 bridgehead atoms. The zero-order valence-electron chi connectivity index (χ0n) is 16.3. The van der Waals surface area contributed by atoms with Crippen molar-refractivity contribution in [1.82, 2.24) is 15.3 Å². The molecule has 0 aliphatic rings. The summed E-state index contributed by atoms with van der Waals surface area (Å²) in [5, 5.41) is 12.1. The normalized spacial score (nSPS) is 11.1. The Bertz CT molecular complexity index is 1130. The molecule has 148 valence electrons. The first kappa shape index (κ1) is 20.0. The van der Waals surface area contributed by atoms with Gasteiger partial charge in [0.05, 0.1) is 11.1 Å². The number of amides is 1. The van der Waals surface area contributed by atoms with Crippen molar-refractivity contribution < 1.29 is 14.7 Å². The van der Waals surface area contributed by atoms with Crippen molar-refractivity contribution in [2.24, 2.45) is 0 Å². The van der Waals surface area contributed by atoms with E-state index in [9.17, 15) is 19.5 Å². The van der Waals surface area contributed by atoms with Crippen LogP contribution in [0.5, 0.6) is 0 Å². The fourth-order valence-electron chi connectivity index (χ4n) is 3.02. The summed E-state index contributed by atoms with van der Waals surface area (Å²) < 4.78 is 0. The summed E-state index contributed by atoms with van der Waals surface area (Å²) in [7, 11) is 0. The highest BCUT2D eigenvalue weighted by Gasteiger charge is 2.25. The van der Waals surface area contributed by atoms with Crippen LogP contribution in [-0.2, 0) is 5.54 Å². The Balaban J connectivity index is 1.89. The Morgan fingerprint density at radius 2 is 1.76 bits per heavy atom. The van der Waals surface area contributed by atoms with Gasteiger partial charge in [-0.2, -0.15) is 0 Å². The first-order chi connectivity index (χ1) is 13.7. The first-order valence-corrected chi connectivity index (χ1v) is 9.01. The topological polar surface area (TPSA) is 112 Å². The number of carbonyl (C=O) groups excluding carboxylic acids is 1. The van der Waals surface area contributed by atoms with Gasteiger partial charge in [0.25, 0.3) is 11.5 Å². The maximum atomic E-state index is 12.8. The van der Waals surface area contributed by atoms with Crippen molar-refractivity contribution in [2.75, 3.05) is 0 Å². The highest BCUT2D eigenvalue weighted by atomic mass is 16.4. The highest BCUT2D eigenvalue weighted by molar-refractivity contribution is 5.93. The molecule has 7 heteroatoms. The smallest absolute Gasteiger partial charge is 0.335 e. The Hall–Kier alpha value is -3.74. The van der Waals surface area contributed by atoms with Gasteiger partial charge >= 0.3 is 5.97 Å². The molecule has 0 saturated heterocycles. The Morgan fingerprint density at radius 3 is 2.38 bits per heavy atom. The maximum Gasteiger partial charge on any atom is 0.335 e. The molecule has 0 saturated carbocycles. The molecule has 0 aliphatic heterocycles. The summed E-state index contributed by atoms with van der Waals surface area (Å²) in [5.74, 6) is -1.20. The summed E-state index contributed by atoms with van der Waals surface area (Å²) in [5.41, 5.74) is 0.997. The predicted octanol–water partition coefficient (Wildman–Crippen LogP) is 3.11. The third-order valence-electron chi connectivity index (χ3n) is 4.63. The number of aromatic amines is 1. The lowest BCUT2D eigenvalue weighted by atomic mass is 9.91. The van der Waals surface area contributed by atoms with Crippen molar-refractivity contribution in [2.45, 2.75) is 26.3 Å². The molecule has 0 unspecified atom stereocenters. The lowest BCUT2D eigenvalue weighted by Crippen LogP contribution is -2.41. The first-order valence-electron chi connectivity index (χ1n) is 9.01. The van der Waals surface area contributed by atoms with Crippen LogP contribution in [0.2, 0.25) is 0 Å². The Morgan fingerprint density at radius 1 is 1.07 bits per heavy atom. The molecule has 1 amide bonds. The van der Waals surface area contributed by atoms with Crippen molar-refractivity contribution in [3.8, 4) is 11.4 Å². The van der Waals surface area contributed by atoms with Crippen LogP contribution in [0.25, 0.3) is 11.4 Å². The lowest BCUT2D eigenvalue weighted by Gasteiger charge is -2.27. The second kappa shape index (κ2) is 7.71. The standard InChI is InChI=1S/C22H21N3O4/c1-13-11-15(9-10-16(13)21(28)29)22(2,3)25-20(27)17-12-18(26)24-19(23-17)14-7-5-4-6-8-14/h4-12H,1-3H3,(H,25,27)(H,28,29)(H,23,24,26). The van der Waals surface area contributed by atoms with Gasteiger partial charge in [0.15, 0.2) is 0 Å². The van der Waals surface area contributed by atoms with Gasteiger partial charge in [-0.1, -0.05) is 42.5 Å². The van der Waals surface area contributed by atoms with E-state index in [4.69, 9.17) is 0 Å². The lowest BCUT2D eigenvalue weighted by molar-refractivity contribution is 0.0695. The number of aromatic carboxylic acids is 1. The van der Waals surface area contributed by atoms with Gasteiger partial charge < -0.3 is 15.4 Å². The number of rotatable bonds is 5.